The molecule has 12 nitrogen and oxygen atoms in total. The zero-order valence-electron chi connectivity index (χ0n) is 33.0. The molecule has 12 heteroatoms. The van der Waals surface area contributed by atoms with Gasteiger partial charge in [-0.3, -0.25) is 14.5 Å². The molecule has 58 heavy (non-hydrogen) atoms. The van der Waals surface area contributed by atoms with E-state index in [0.717, 1.165) is 70.7 Å². The lowest BCUT2D eigenvalue weighted by Gasteiger charge is -2.31. The number of hydrogen-bond acceptors (Lipinski definition) is 7. The van der Waals surface area contributed by atoms with Crippen LogP contribution >= 0.6 is 0 Å². The van der Waals surface area contributed by atoms with Crippen LogP contribution in [0.25, 0.3) is 33.6 Å². The molecule has 3 amide bonds. The van der Waals surface area contributed by atoms with Crippen LogP contribution in [0.15, 0.2) is 122 Å². The van der Waals surface area contributed by atoms with Gasteiger partial charge in [-0.1, -0.05) is 109 Å². The summed E-state index contributed by atoms with van der Waals surface area (Å²) in [6.45, 7) is 1.27. The molecule has 0 spiro atoms. The number of imidazole rings is 2. The molecule has 0 radical (unpaired) electrons. The van der Waals surface area contributed by atoms with Gasteiger partial charge in [0.1, 0.15) is 23.7 Å². The Morgan fingerprint density at radius 2 is 1.10 bits per heavy atom. The average Bonchev–Trinajstić information content (AvgIpc) is 4.11. The number of hydrogen-bond donors (Lipinski definition) is 3. The molecule has 296 valence electrons. The number of carbonyl (C=O) groups excluding carboxylic acids is 3. The first-order chi connectivity index (χ1) is 28.3. The first-order valence-corrected chi connectivity index (χ1v) is 19.8. The van der Waals surface area contributed by atoms with Gasteiger partial charge < -0.3 is 29.8 Å². The van der Waals surface area contributed by atoms with Crippen LogP contribution in [0.5, 0.6) is 0 Å². The second-order valence-corrected chi connectivity index (χ2v) is 15.2. The third-order valence-corrected chi connectivity index (χ3v) is 11.3. The molecule has 0 bridgehead atoms. The number of nitrogens with zero attached hydrogens (tertiary/aromatic N) is 5. The highest BCUT2D eigenvalue weighted by Crippen LogP contribution is 2.37. The second kappa shape index (κ2) is 16.9. The largest absolute Gasteiger partial charge is 0.453 e. The number of carbonyl (C=O) groups is 3. The van der Waals surface area contributed by atoms with Crippen molar-refractivity contribution in [1.29, 1.82) is 0 Å². The third-order valence-electron chi connectivity index (χ3n) is 11.3. The monoisotopic (exact) mass is 776 g/mol. The maximum absolute atomic E-state index is 13.9. The standard InChI is InChI=1S/C46H48N8O4/c1-52(2)41(35-14-8-5-9-15-35)45(56)54-27-11-17-39(54)43-48-29-37(50-43)33-24-20-31(21-25-33)30-18-22-32(23-19-30)36-28-47-42(49-36)38-16-10-26-53(38)44(55)40(51-46(57)58-3)34-12-6-4-7-13-34/h4-9,12-15,18-25,28-29,38-41H,10-11,16-17,26-27H2,1-3H3,(H,47,49)(H,48,50)(H,51,57)/t38-,39-,40+,41+/m0/s1. The van der Waals surface area contributed by atoms with E-state index in [1.54, 1.807) is 4.90 Å². The molecule has 2 aromatic heterocycles. The van der Waals surface area contributed by atoms with Crippen molar-refractivity contribution < 1.29 is 19.1 Å². The van der Waals surface area contributed by atoms with Gasteiger partial charge in [0.05, 0.1) is 43.0 Å². The fraction of sp³-hybridized carbons (Fsp3) is 0.283. The Morgan fingerprint density at radius 3 is 1.57 bits per heavy atom. The van der Waals surface area contributed by atoms with Crippen molar-refractivity contribution in [2.75, 3.05) is 34.3 Å². The molecule has 4 aromatic carbocycles. The topological polar surface area (TPSA) is 140 Å². The zero-order valence-corrected chi connectivity index (χ0v) is 33.0. The molecule has 6 aromatic rings. The number of nitrogens with one attached hydrogen (secondary N) is 3. The van der Waals surface area contributed by atoms with Crippen LogP contribution in [-0.2, 0) is 14.3 Å². The van der Waals surface area contributed by atoms with Gasteiger partial charge in [0.15, 0.2) is 0 Å². The summed E-state index contributed by atoms with van der Waals surface area (Å²) in [5.74, 6) is 1.41. The number of alkyl carbamates (subject to hydrolysis) is 1. The number of likely N-dealkylation sites (tertiary alicyclic amines) is 2. The van der Waals surface area contributed by atoms with Gasteiger partial charge in [0.25, 0.3) is 5.91 Å². The molecule has 0 aliphatic carbocycles. The lowest BCUT2D eigenvalue weighted by atomic mass is 10.0. The molecule has 2 fully saturated rings. The van der Waals surface area contributed by atoms with E-state index >= 15 is 0 Å². The van der Waals surface area contributed by atoms with E-state index in [9.17, 15) is 14.4 Å². The molecule has 4 atom stereocenters. The maximum Gasteiger partial charge on any atom is 0.407 e. The van der Waals surface area contributed by atoms with Crippen molar-refractivity contribution in [3.63, 3.8) is 0 Å². The summed E-state index contributed by atoms with van der Waals surface area (Å²) in [4.78, 5) is 62.3. The number of aromatic amines is 2. The Balaban J connectivity index is 0.929. The van der Waals surface area contributed by atoms with Crippen LogP contribution in [0.4, 0.5) is 4.79 Å². The Labute approximate surface area is 338 Å². The summed E-state index contributed by atoms with van der Waals surface area (Å²) >= 11 is 0. The van der Waals surface area contributed by atoms with Crippen LogP contribution in [0.2, 0.25) is 0 Å². The summed E-state index contributed by atoms with van der Waals surface area (Å²) in [5, 5.41) is 2.72. The van der Waals surface area contributed by atoms with E-state index in [1.807, 2.05) is 97.0 Å². The minimum Gasteiger partial charge on any atom is -0.453 e. The van der Waals surface area contributed by atoms with Crippen LogP contribution in [-0.4, -0.2) is 86.8 Å². The number of aromatic nitrogens is 4. The van der Waals surface area contributed by atoms with Crippen molar-refractivity contribution in [3.8, 4) is 33.6 Å². The fourth-order valence-corrected chi connectivity index (χ4v) is 8.35. The third kappa shape index (κ3) is 7.88. The van der Waals surface area contributed by atoms with Crippen LogP contribution in [0.3, 0.4) is 0 Å². The predicted octanol–water partition coefficient (Wildman–Crippen LogP) is 7.86. The molecule has 2 aliphatic heterocycles. The van der Waals surface area contributed by atoms with Gasteiger partial charge in [-0.15, -0.1) is 0 Å². The first-order valence-electron chi connectivity index (χ1n) is 19.8. The van der Waals surface area contributed by atoms with Gasteiger partial charge in [-0.2, -0.15) is 0 Å². The number of H-pyrrole nitrogens is 2. The van der Waals surface area contributed by atoms with E-state index in [0.29, 0.717) is 24.5 Å². The summed E-state index contributed by atoms with van der Waals surface area (Å²) in [6.07, 6.45) is 6.40. The zero-order chi connectivity index (χ0) is 40.2. The van der Waals surface area contributed by atoms with Crippen LogP contribution in [0.1, 0.15) is 72.6 Å². The second-order valence-electron chi connectivity index (χ2n) is 15.2. The summed E-state index contributed by atoms with van der Waals surface area (Å²) in [6, 6.07) is 34.3. The molecule has 2 aliphatic rings. The number of benzene rings is 4. The number of ether oxygens (including phenoxy) is 1. The Bertz CT molecular complexity index is 2340. The Kier molecular flexibility index (Phi) is 11.2. The van der Waals surface area contributed by atoms with E-state index in [4.69, 9.17) is 14.7 Å². The van der Waals surface area contributed by atoms with Crippen molar-refractivity contribution in [3.05, 3.63) is 144 Å². The molecule has 8 rings (SSSR count). The van der Waals surface area contributed by atoms with E-state index in [2.05, 4.69) is 63.8 Å². The van der Waals surface area contributed by atoms with Crippen LogP contribution in [0, 0.1) is 0 Å². The van der Waals surface area contributed by atoms with Crippen molar-refractivity contribution in [2.45, 2.75) is 49.9 Å². The van der Waals surface area contributed by atoms with Gasteiger partial charge in [-0.25, -0.2) is 14.8 Å². The summed E-state index contributed by atoms with van der Waals surface area (Å²) in [5.41, 5.74) is 7.60. The minimum atomic E-state index is -0.871. The number of methoxy groups -OCH3 is 1. The molecule has 2 saturated heterocycles. The van der Waals surface area contributed by atoms with Crippen molar-refractivity contribution in [1.82, 2.24) is 40.0 Å². The SMILES string of the molecule is COC(=O)N[C@@H](C(=O)N1CCC[C@H]1c1ncc(-c2ccc(-c3ccc(-c4cnc([C@@H]5CCCN5C(=O)[C@@H](c5ccccc5)N(C)C)[nH]4)cc3)cc2)[nH]1)c1ccccc1. The van der Waals surface area contributed by atoms with Gasteiger partial charge >= 0.3 is 6.09 Å². The summed E-state index contributed by atoms with van der Waals surface area (Å²) in [7, 11) is 5.19. The normalized spacial score (nSPS) is 17.7. The highest BCUT2D eigenvalue weighted by atomic mass is 16.5. The quantitative estimate of drug-likeness (QED) is 0.122. The molecular weight excluding hydrogens is 729 g/mol. The minimum absolute atomic E-state index is 0.0935. The Morgan fingerprint density at radius 1 is 0.655 bits per heavy atom. The van der Waals surface area contributed by atoms with E-state index in [-0.39, 0.29) is 29.9 Å². The van der Waals surface area contributed by atoms with Gasteiger partial charge in [0, 0.05) is 13.1 Å². The first kappa shape index (κ1) is 38.3. The molecular formula is C46H48N8O4. The highest BCUT2D eigenvalue weighted by molar-refractivity contribution is 5.87. The van der Waals surface area contributed by atoms with Crippen molar-refractivity contribution >= 4 is 17.9 Å². The maximum atomic E-state index is 13.9. The van der Waals surface area contributed by atoms with Gasteiger partial charge in [0.2, 0.25) is 5.91 Å². The highest BCUT2D eigenvalue weighted by Gasteiger charge is 2.38. The smallest absolute Gasteiger partial charge is 0.407 e. The van der Waals surface area contributed by atoms with Crippen LogP contribution < -0.4 is 5.32 Å². The fourth-order valence-electron chi connectivity index (χ4n) is 8.35. The molecule has 0 unspecified atom stereocenters. The number of rotatable bonds is 11. The predicted molar refractivity (Wildman–Crippen MR) is 222 cm³/mol. The Hall–Kier alpha value is -6.53. The van der Waals surface area contributed by atoms with Gasteiger partial charge in [-0.05, 0) is 73.2 Å². The lowest BCUT2D eigenvalue weighted by molar-refractivity contribution is -0.137. The molecule has 3 N–H and O–H groups in total. The molecule has 4 heterocycles. The van der Waals surface area contributed by atoms with E-state index < -0.39 is 12.1 Å². The average molecular weight is 777 g/mol. The van der Waals surface area contributed by atoms with Crippen molar-refractivity contribution in [2.24, 2.45) is 0 Å². The molecule has 0 saturated carbocycles. The summed E-state index contributed by atoms with van der Waals surface area (Å²) < 4.78 is 4.83. The number of likely N-dealkylation sites (N-methyl/N-ethyl adjacent to an activating group) is 1. The number of amides is 3. The lowest BCUT2D eigenvalue weighted by Crippen LogP contribution is -2.42. The van der Waals surface area contributed by atoms with E-state index in [1.165, 1.54) is 7.11 Å².